The Labute approximate surface area is 105 Å². The second-order valence-corrected chi connectivity index (χ2v) is 5.27. The van der Waals surface area contributed by atoms with Crippen LogP contribution in [0.4, 0.5) is 24.5 Å². The van der Waals surface area contributed by atoms with Crippen molar-refractivity contribution in [2.75, 3.05) is 29.6 Å². The number of aromatic nitrogens is 1. The van der Waals surface area contributed by atoms with Crippen LogP contribution in [0, 0.1) is 0 Å². The Bertz CT molecular complexity index is 437. The number of nitrogens with one attached hydrogen (secondary N) is 1. The molecule has 1 rings (SSSR count). The van der Waals surface area contributed by atoms with Crippen LogP contribution < -0.4 is 11.1 Å². The number of nitrogens with zero attached hydrogens (tertiary/aromatic N) is 1. The Morgan fingerprint density at radius 3 is 2.72 bits per heavy atom. The molecule has 0 bridgehead atoms. The summed E-state index contributed by atoms with van der Waals surface area (Å²) in [6.07, 6.45) is -1.35. The number of pyridine rings is 1. The van der Waals surface area contributed by atoms with Gasteiger partial charge in [0.2, 0.25) is 0 Å². The highest BCUT2D eigenvalue weighted by molar-refractivity contribution is 7.84. The molecule has 0 fully saturated rings. The van der Waals surface area contributed by atoms with Crippen molar-refractivity contribution in [1.82, 2.24) is 4.98 Å². The molecule has 1 atom stereocenters. The van der Waals surface area contributed by atoms with Crippen molar-refractivity contribution < 1.29 is 17.4 Å². The second kappa shape index (κ2) is 6.03. The SMILES string of the molecule is CS(=O)CCCNc1cc(C(F)(F)F)ncc1N. The maximum Gasteiger partial charge on any atom is 0.433 e. The highest BCUT2D eigenvalue weighted by Gasteiger charge is 2.32. The van der Waals surface area contributed by atoms with E-state index in [1.54, 1.807) is 6.26 Å². The molecule has 4 nitrogen and oxygen atoms in total. The molecule has 18 heavy (non-hydrogen) atoms. The quantitative estimate of drug-likeness (QED) is 0.808. The van der Waals surface area contributed by atoms with Gasteiger partial charge in [0, 0.05) is 29.4 Å². The Kier molecular flexibility index (Phi) is 4.94. The fraction of sp³-hybridized carbons (Fsp3) is 0.500. The Balaban J connectivity index is 2.67. The van der Waals surface area contributed by atoms with Crippen molar-refractivity contribution in [1.29, 1.82) is 0 Å². The summed E-state index contributed by atoms with van der Waals surface area (Å²) >= 11 is 0. The summed E-state index contributed by atoms with van der Waals surface area (Å²) in [6, 6.07) is 0.873. The molecule has 1 aromatic rings. The van der Waals surface area contributed by atoms with Gasteiger partial charge in [-0.1, -0.05) is 0 Å². The normalized spacial score (nSPS) is 13.3. The second-order valence-electron chi connectivity index (χ2n) is 3.71. The molecule has 3 N–H and O–H groups in total. The third-order valence-corrected chi connectivity index (χ3v) is 3.01. The zero-order chi connectivity index (χ0) is 13.8. The number of hydrogen-bond donors (Lipinski definition) is 2. The van der Waals surface area contributed by atoms with Gasteiger partial charge in [-0.2, -0.15) is 13.2 Å². The molecule has 0 aliphatic heterocycles. The third-order valence-electron chi connectivity index (χ3n) is 2.15. The molecular formula is C10H14F3N3OS. The summed E-state index contributed by atoms with van der Waals surface area (Å²) in [5.74, 6) is 0.490. The van der Waals surface area contributed by atoms with Crippen LogP contribution in [0.15, 0.2) is 12.3 Å². The van der Waals surface area contributed by atoms with Crippen LogP contribution in [-0.2, 0) is 17.0 Å². The summed E-state index contributed by atoms with van der Waals surface area (Å²) in [5, 5.41) is 2.78. The van der Waals surface area contributed by atoms with E-state index in [1.807, 2.05) is 0 Å². The molecule has 0 aliphatic rings. The first-order chi connectivity index (χ1) is 8.30. The van der Waals surface area contributed by atoms with E-state index >= 15 is 0 Å². The Hall–Kier alpha value is -1.31. The molecule has 0 aromatic carbocycles. The number of hydrogen-bond acceptors (Lipinski definition) is 4. The molecule has 0 saturated carbocycles. The van der Waals surface area contributed by atoms with Gasteiger partial charge in [-0.15, -0.1) is 0 Å². The number of anilines is 2. The van der Waals surface area contributed by atoms with E-state index in [0.29, 0.717) is 18.7 Å². The molecule has 0 spiro atoms. The van der Waals surface area contributed by atoms with E-state index in [1.165, 1.54) is 0 Å². The number of nitrogens with two attached hydrogens (primary N) is 1. The highest BCUT2D eigenvalue weighted by Crippen LogP contribution is 2.30. The zero-order valence-corrected chi connectivity index (χ0v) is 10.6. The topological polar surface area (TPSA) is 68.0 Å². The van der Waals surface area contributed by atoms with Crippen LogP contribution >= 0.6 is 0 Å². The Morgan fingerprint density at radius 1 is 1.50 bits per heavy atom. The fourth-order valence-electron chi connectivity index (χ4n) is 1.27. The first-order valence-electron chi connectivity index (χ1n) is 5.17. The molecule has 0 radical (unpaired) electrons. The van der Waals surface area contributed by atoms with Crippen molar-refractivity contribution in [3.05, 3.63) is 18.0 Å². The lowest BCUT2D eigenvalue weighted by molar-refractivity contribution is -0.141. The molecule has 1 aromatic heterocycles. The summed E-state index contributed by atoms with van der Waals surface area (Å²) in [7, 11) is -0.911. The Morgan fingerprint density at radius 2 is 2.17 bits per heavy atom. The predicted octanol–water partition coefficient (Wildman–Crippen LogP) is 1.86. The molecule has 0 saturated heterocycles. The average molecular weight is 281 g/mol. The highest BCUT2D eigenvalue weighted by atomic mass is 32.2. The van der Waals surface area contributed by atoms with E-state index < -0.39 is 22.7 Å². The minimum atomic E-state index is -4.49. The molecule has 102 valence electrons. The number of alkyl halides is 3. The van der Waals surface area contributed by atoms with Crippen LogP contribution in [0.5, 0.6) is 0 Å². The maximum atomic E-state index is 12.4. The van der Waals surface area contributed by atoms with Gasteiger partial charge in [0.05, 0.1) is 17.6 Å². The van der Waals surface area contributed by atoms with Gasteiger partial charge in [-0.05, 0) is 12.5 Å². The smallest absolute Gasteiger partial charge is 0.396 e. The van der Waals surface area contributed by atoms with Gasteiger partial charge in [-0.3, -0.25) is 4.21 Å². The standard InChI is InChI=1S/C10H14F3N3OS/c1-18(17)4-2-3-15-8-5-9(10(11,12)13)16-6-7(8)14/h5-6H,2-4,14H2,1H3,(H,15,16). The van der Waals surface area contributed by atoms with Crippen molar-refractivity contribution in [2.24, 2.45) is 0 Å². The fourth-order valence-corrected chi connectivity index (χ4v) is 1.82. The monoisotopic (exact) mass is 281 g/mol. The number of nitrogen functional groups attached to an aromatic ring is 1. The molecule has 1 heterocycles. The van der Waals surface area contributed by atoms with E-state index in [4.69, 9.17) is 5.73 Å². The third kappa shape index (κ3) is 4.52. The van der Waals surface area contributed by atoms with Crippen molar-refractivity contribution in [3.8, 4) is 0 Å². The molecular weight excluding hydrogens is 267 g/mol. The van der Waals surface area contributed by atoms with E-state index in [0.717, 1.165) is 12.3 Å². The zero-order valence-electron chi connectivity index (χ0n) is 9.75. The van der Waals surface area contributed by atoms with Crippen molar-refractivity contribution in [2.45, 2.75) is 12.6 Å². The minimum Gasteiger partial charge on any atom is -0.396 e. The lowest BCUT2D eigenvalue weighted by Gasteiger charge is -2.11. The van der Waals surface area contributed by atoms with Crippen molar-refractivity contribution >= 4 is 22.2 Å². The van der Waals surface area contributed by atoms with Crippen molar-refractivity contribution in [3.63, 3.8) is 0 Å². The number of rotatable bonds is 5. The molecule has 8 heteroatoms. The van der Waals surface area contributed by atoms with E-state index in [2.05, 4.69) is 10.3 Å². The van der Waals surface area contributed by atoms with Crippen LogP contribution in [0.2, 0.25) is 0 Å². The summed E-state index contributed by atoms with van der Waals surface area (Å²) < 4.78 is 48.1. The summed E-state index contributed by atoms with van der Waals surface area (Å²) in [5.41, 5.74) is 4.88. The molecule has 0 amide bonds. The number of halogens is 3. The van der Waals surface area contributed by atoms with Gasteiger partial charge in [0.15, 0.2) is 0 Å². The van der Waals surface area contributed by atoms with Crippen LogP contribution in [0.25, 0.3) is 0 Å². The first-order valence-corrected chi connectivity index (χ1v) is 6.90. The van der Waals surface area contributed by atoms with Gasteiger partial charge in [0.1, 0.15) is 5.69 Å². The van der Waals surface area contributed by atoms with Crippen LogP contribution in [0.3, 0.4) is 0 Å². The van der Waals surface area contributed by atoms with E-state index in [-0.39, 0.29) is 11.4 Å². The summed E-state index contributed by atoms with van der Waals surface area (Å²) in [6.45, 7) is 0.408. The lowest BCUT2D eigenvalue weighted by atomic mass is 10.2. The van der Waals surface area contributed by atoms with Gasteiger partial charge in [0.25, 0.3) is 0 Å². The molecule has 0 aliphatic carbocycles. The van der Waals surface area contributed by atoms with Gasteiger partial charge in [-0.25, -0.2) is 4.98 Å². The molecule has 1 unspecified atom stereocenters. The van der Waals surface area contributed by atoms with Crippen LogP contribution in [0.1, 0.15) is 12.1 Å². The van der Waals surface area contributed by atoms with Crippen LogP contribution in [-0.4, -0.2) is 27.7 Å². The minimum absolute atomic E-state index is 0.153. The maximum absolute atomic E-state index is 12.4. The average Bonchev–Trinajstić information content (AvgIpc) is 2.24. The first kappa shape index (κ1) is 14.7. The van der Waals surface area contributed by atoms with Gasteiger partial charge >= 0.3 is 6.18 Å². The predicted molar refractivity (Wildman–Crippen MR) is 65.7 cm³/mol. The largest absolute Gasteiger partial charge is 0.433 e. The lowest BCUT2D eigenvalue weighted by Crippen LogP contribution is -2.12. The summed E-state index contributed by atoms with van der Waals surface area (Å²) in [4.78, 5) is 3.23. The van der Waals surface area contributed by atoms with Gasteiger partial charge < -0.3 is 11.1 Å². The van der Waals surface area contributed by atoms with E-state index in [9.17, 15) is 17.4 Å².